The summed E-state index contributed by atoms with van der Waals surface area (Å²) in [6.07, 6.45) is -2.09. The standard InChI is InChI=1S/C19H13Cl2F3N2O2/c1-28-18(27)7-5-16-14-8-12(19(22,23)24)3-6-17(14)26(25-16)10-11-2-4-13(20)9-15(11)21/h2-9H,10H2,1H3/b7-5+. The number of carbonyl (C=O) groups is 1. The molecule has 0 aliphatic rings. The Labute approximate surface area is 168 Å². The monoisotopic (exact) mass is 428 g/mol. The highest BCUT2D eigenvalue weighted by atomic mass is 35.5. The van der Waals surface area contributed by atoms with Crippen LogP contribution in [0.4, 0.5) is 13.2 Å². The Bertz CT molecular complexity index is 1070. The van der Waals surface area contributed by atoms with Crippen molar-refractivity contribution in [2.45, 2.75) is 12.7 Å². The highest BCUT2D eigenvalue weighted by Gasteiger charge is 2.31. The quantitative estimate of drug-likeness (QED) is 0.401. The molecule has 3 rings (SSSR count). The Kier molecular flexibility index (Phi) is 5.67. The van der Waals surface area contributed by atoms with Crippen LogP contribution in [-0.2, 0) is 22.3 Å². The average molecular weight is 429 g/mol. The van der Waals surface area contributed by atoms with Crippen molar-refractivity contribution in [3.8, 4) is 0 Å². The van der Waals surface area contributed by atoms with Gasteiger partial charge in [-0.2, -0.15) is 18.3 Å². The van der Waals surface area contributed by atoms with Crippen LogP contribution < -0.4 is 0 Å². The van der Waals surface area contributed by atoms with Gasteiger partial charge < -0.3 is 4.74 Å². The lowest BCUT2D eigenvalue weighted by molar-refractivity contribution is -0.137. The number of halogens is 5. The van der Waals surface area contributed by atoms with Crippen molar-refractivity contribution in [1.82, 2.24) is 9.78 Å². The summed E-state index contributed by atoms with van der Waals surface area (Å²) in [4.78, 5) is 11.4. The molecule has 0 saturated heterocycles. The maximum Gasteiger partial charge on any atom is 0.416 e. The maximum atomic E-state index is 13.1. The smallest absolute Gasteiger partial charge is 0.416 e. The highest BCUT2D eigenvalue weighted by molar-refractivity contribution is 6.35. The number of fused-ring (bicyclic) bond motifs is 1. The van der Waals surface area contributed by atoms with Gasteiger partial charge in [0, 0.05) is 21.5 Å². The van der Waals surface area contributed by atoms with Gasteiger partial charge in [0.05, 0.1) is 30.4 Å². The molecule has 0 amide bonds. The predicted molar refractivity (Wildman–Crippen MR) is 101 cm³/mol. The van der Waals surface area contributed by atoms with Gasteiger partial charge in [-0.3, -0.25) is 4.68 Å². The second-order valence-electron chi connectivity index (χ2n) is 5.86. The van der Waals surface area contributed by atoms with E-state index in [1.54, 1.807) is 18.2 Å². The fourth-order valence-corrected chi connectivity index (χ4v) is 3.12. The number of ether oxygens (including phenoxy) is 1. The van der Waals surface area contributed by atoms with Crippen LogP contribution >= 0.6 is 23.2 Å². The first-order chi connectivity index (χ1) is 13.2. The van der Waals surface area contributed by atoms with Crippen molar-refractivity contribution in [2.75, 3.05) is 7.11 Å². The normalized spacial score (nSPS) is 12.1. The number of esters is 1. The SMILES string of the molecule is COC(=O)/C=C/c1nn(Cc2ccc(Cl)cc2Cl)c2ccc(C(F)(F)F)cc12. The number of methoxy groups -OCH3 is 1. The van der Waals surface area contributed by atoms with Gasteiger partial charge >= 0.3 is 12.1 Å². The van der Waals surface area contributed by atoms with Crippen molar-refractivity contribution in [3.63, 3.8) is 0 Å². The molecule has 0 spiro atoms. The number of aromatic nitrogens is 2. The fraction of sp³-hybridized carbons (Fsp3) is 0.158. The highest BCUT2D eigenvalue weighted by Crippen LogP contribution is 2.33. The minimum atomic E-state index is -4.50. The molecule has 0 radical (unpaired) electrons. The third kappa shape index (κ3) is 4.31. The average Bonchev–Trinajstić information content (AvgIpc) is 2.98. The molecule has 0 unspecified atom stereocenters. The van der Waals surface area contributed by atoms with Gasteiger partial charge in [0.25, 0.3) is 0 Å². The summed E-state index contributed by atoms with van der Waals surface area (Å²) >= 11 is 12.1. The number of alkyl halides is 3. The van der Waals surface area contributed by atoms with Gasteiger partial charge in [-0.15, -0.1) is 0 Å². The first kappa shape index (κ1) is 20.2. The van der Waals surface area contributed by atoms with E-state index >= 15 is 0 Å². The third-order valence-electron chi connectivity index (χ3n) is 4.02. The molecule has 146 valence electrons. The number of benzene rings is 2. The van der Waals surface area contributed by atoms with Gasteiger partial charge in [0.15, 0.2) is 0 Å². The van der Waals surface area contributed by atoms with Crippen molar-refractivity contribution in [1.29, 1.82) is 0 Å². The molecule has 0 fully saturated rings. The van der Waals surface area contributed by atoms with Crippen LogP contribution in [0.25, 0.3) is 17.0 Å². The number of rotatable bonds is 4. The number of hydrogen-bond acceptors (Lipinski definition) is 3. The molecule has 0 N–H and O–H groups in total. The van der Waals surface area contributed by atoms with Crippen LogP contribution in [0.5, 0.6) is 0 Å². The lowest BCUT2D eigenvalue weighted by atomic mass is 10.1. The largest absolute Gasteiger partial charge is 0.466 e. The second kappa shape index (κ2) is 7.85. The van der Waals surface area contributed by atoms with E-state index in [2.05, 4.69) is 9.84 Å². The zero-order valence-electron chi connectivity index (χ0n) is 14.4. The van der Waals surface area contributed by atoms with Crippen molar-refractivity contribution < 1.29 is 22.7 Å². The van der Waals surface area contributed by atoms with E-state index in [9.17, 15) is 18.0 Å². The van der Waals surface area contributed by atoms with Gasteiger partial charge in [-0.25, -0.2) is 4.79 Å². The second-order valence-corrected chi connectivity index (χ2v) is 6.71. The number of carbonyl (C=O) groups excluding carboxylic acids is 1. The molecule has 1 heterocycles. The van der Waals surface area contributed by atoms with Crippen LogP contribution in [-0.4, -0.2) is 22.9 Å². The van der Waals surface area contributed by atoms with Gasteiger partial charge in [0.2, 0.25) is 0 Å². The van der Waals surface area contributed by atoms with E-state index in [-0.39, 0.29) is 17.6 Å². The van der Waals surface area contributed by atoms with Crippen molar-refractivity contribution in [3.05, 3.63) is 69.3 Å². The summed E-state index contributed by atoms with van der Waals surface area (Å²) in [5.41, 5.74) is 0.552. The molecule has 0 saturated carbocycles. The Morgan fingerprint density at radius 2 is 1.96 bits per heavy atom. The fourth-order valence-electron chi connectivity index (χ4n) is 2.65. The third-order valence-corrected chi connectivity index (χ3v) is 4.61. The molecular weight excluding hydrogens is 416 g/mol. The van der Waals surface area contributed by atoms with E-state index in [1.165, 1.54) is 23.9 Å². The van der Waals surface area contributed by atoms with Crippen molar-refractivity contribution >= 4 is 46.2 Å². The van der Waals surface area contributed by atoms with E-state index in [0.29, 0.717) is 21.1 Å². The molecule has 1 aromatic heterocycles. The maximum absolute atomic E-state index is 13.1. The zero-order chi connectivity index (χ0) is 20.5. The van der Waals surface area contributed by atoms with Crippen LogP contribution in [0.3, 0.4) is 0 Å². The number of hydrogen-bond donors (Lipinski definition) is 0. The summed E-state index contributed by atoms with van der Waals surface area (Å²) in [6.45, 7) is 0.212. The Hall–Kier alpha value is -2.51. The van der Waals surface area contributed by atoms with Crippen LogP contribution in [0.15, 0.2) is 42.5 Å². The first-order valence-corrected chi connectivity index (χ1v) is 8.72. The summed E-state index contributed by atoms with van der Waals surface area (Å²) in [7, 11) is 1.20. The summed E-state index contributed by atoms with van der Waals surface area (Å²) in [5.74, 6) is -0.643. The van der Waals surface area contributed by atoms with Gasteiger partial charge in [0.1, 0.15) is 0 Å². The Morgan fingerprint density at radius 3 is 2.61 bits per heavy atom. The molecular formula is C19H13Cl2F3N2O2. The molecule has 0 atom stereocenters. The van der Waals surface area contributed by atoms with E-state index in [4.69, 9.17) is 23.2 Å². The summed E-state index contributed by atoms with van der Waals surface area (Å²) in [5, 5.41) is 5.47. The van der Waals surface area contributed by atoms with Gasteiger partial charge in [-0.1, -0.05) is 29.3 Å². The lowest BCUT2D eigenvalue weighted by Gasteiger charge is -2.08. The molecule has 28 heavy (non-hydrogen) atoms. The van der Waals surface area contributed by atoms with Crippen LogP contribution in [0.1, 0.15) is 16.8 Å². The lowest BCUT2D eigenvalue weighted by Crippen LogP contribution is -2.05. The van der Waals surface area contributed by atoms with E-state index < -0.39 is 17.7 Å². The van der Waals surface area contributed by atoms with Crippen LogP contribution in [0.2, 0.25) is 10.0 Å². The number of nitrogens with zero attached hydrogens (tertiary/aromatic N) is 2. The zero-order valence-corrected chi connectivity index (χ0v) is 15.9. The minimum Gasteiger partial charge on any atom is -0.466 e. The molecule has 9 heteroatoms. The summed E-state index contributed by atoms with van der Waals surface area (Å²) < 4.78 is 45.4. The topological polar surface area (TPSA) is 44.1 Å². The predicted octanol–water partition coefficient (Wildman–Crippen LogP) is 5.60. The molecule has 3 aromatic rings. The molecule has 2 aromatic carbocycles. The minimum absolute atomic E-state index is 0.205. The van der Waals surface area contributed by atoms with E-state index in [1.807, 2.05) is 0 Å². The molecule has 0 aliphatic heterocycles. The summed E-state index contributed by atoms with van der Waals surface area (Å²) in [6, 6.07) is 8.27. The van der Waals surface area contributed by atoms with E-state index in [0.717, 1.165) is 18.2 Å². The molecule has 4 nitrogen and oxygen atoms in total. The van der Waals surface area contributed by atoms with Crippen LogP contribution in [0, 0.1) is 0 Å². The van der Waals surface area contributed by atoms with Gasteiger partial charge in [-0.05, 0) is 42.0 Å². The van der Waals surface area contributed by atoms with Crippen molar-refractivity contribution in [2.24, 2.45) is 0 Å². The molecule has 0 aliphatic carbocycles. The first-order valence-electron chi connectivity index (χ1n) is 7.97. The molecule has 0 bridgehead atoms. The Balaban J connectivity index is 2.12. The Morgan fingerprint density at radius 1 is 1.21 bits per heavy atom.